The van der Waals surface area contributed by atoms with Crippen molar-refractivity contribution in [1.29, 1.82) is 5.26 Å². The van der Waals surface area contributed by atoms with Gasteiger partial charge in [0.15, 0.2) is 0 Å². The van der Waals surface area contributed by atoms with E-state index < -0.39 is 53.4 Å². The van der Waals surface area contributed by atoms with Crippen molar-refractivity contribution in [3.05, 3.63) is 0 Å². The second-order valence-electron chi connectivity index (χ2n) is 12.2. The minimum atomic E-state index is -5.16. The molecular formula is C25H34F3N5O4. The van der Waals surface area contributed by atoms with Gasteiger partial charge in [0.25, 0.3) is 0 Å². The molecule has 2 saturated heterocycles. The molecule has 4 rings (SSSR count). The van der Waals surface area contributed by atoms with Crippen LogP contribution in [-0.2, 0) is 19.2 Å². The van der Waals surface area contributed by atoms with E-state index in [-0.39, 0.29) is 29.7 Å². The van der Waals surface area contributed by atoms with E-state index >= 15 is 0 Å². The number of carbonyl (C=O) groups excluding carboxylic acids is 4. The summed E-state index contributed by atoms with van der Waals surface area (Å²) in [6.45, 7) is 5.38. The summed E-state index contributed by atoms with van der Waals surface area (Å²) in [6, 6.07) is -1.41. The number of fused-ring (bicyclic) bond motifs is 1. The Morgan fingerprint density at radius 1 is 1.19 bits per heavy atom. The summed E-state index contributed by atoms with van der Waals surface area (Å²) in [5.74, 6) is -4.10. The van der Waals surface area contributed by atoms with Crippen molar-refractivity contribution < 1.29 is 32.3 Å². The minimum absolute atomic E-state index is 0.0452. The van der Waals surface area contributed by atoms with E-state index in [1.807, 2.05) is 11.4 Å². The number of likely N-dealkylation sites (tertiary alicyclic amines) is 1. The van der Waals surface area contributed by atoms with Crippen molar-refractivity contribution in [2.45, 2.75) is 90.0 Å². The van der Waals surface area contributed by atoms with Crippen LogP contribution in [0.25, 0.3) is 0 Å². The third-order valence-electron chi connectivity index (χ3n) is 8.81. The van der Waals surface area contributed by atoms with Gasteiger partial charge in [0.2, 0.25) is 17.7 Å². The molecule has 0 aromatic heterocycles. The molecule has 2 aliphatic heterocycles. The number of hydrogen-bond acceptors (Lipinski definition) is 5. The van der Waals surface area contributed by atoms with Gasteiger partial charge < -0.3 is 20.9 Å². The molecule has 0 bridgehead atoms. The van der Waals surface area contributed by atoms with Gasteiger partial charge in [-0.2, -0.15) is 18.4 Å². The van der Waals surface area contributed by atoms with Crippen LogP contribution in [0.4, 0.5) is 13.2 Å². The molecule has 4 fully saturated rings. The first-order valence-corrected chi connectivity index (χ1v) is 12.8. The van der Waals surface area contributed by atoms with E-state index in [1.165, 1.54) is 4.90 Å². The molecule has 9 nitrogen and oxygen atoms in total. The van der Waals surface area contributed by atoms with Gasteiger partial charge in [0.05, 0.1) is 6.07 Å². The zero-order valence-corrected chi connectivity index (χ0v) is 21.3. The molecule has 12 heteroatoms. The summed E-state index contributed by atoms with van der Waals surface area (Å²) in [5, 5.41) is 16.8. The Bertz CT molecular complexity index is 1030. The van der Waals surface area contributed by atoms with Crippen LogP contribution >= 0.6 is 0 Å². The highest BCUT2D eigenvalue weighted by Gasteiger charge is 2.73. The maximum Gasteiger partial charge on any atom is 0.471 e. The molecule has 3 N–H and O–H groups in total. The quantitative estimate of drug-likeness (QED) is 0.487. The molecule has 2 aliphatic carbocycles. The Balaban J connectivity index is 1.55. The number of nitrogens with zero attached hydrogens (tertiary/aromatic N) is 2. The molecule has 37 heavy (non-hydrogen) atoms. The lowest BCUT2D eigenvalue weighted by atomic mass is 9.74. The Morgan fingerprint density at radius 3 is 2.32 bits per heavy atom. The summed E-state index contributed by atoms with van der Waals surface area (Å²) >= 11 is 0. The van der Waals surface area contributed by atoms with Crippen molar-refractivity contribution >= 4 is 23.6 Å². The fourth-order valence-electron chi connectivity index (χ4n) is 6.47. The largest absolute Gasteiger partial charge is 0.471 e. The zero-order chi connectivity index (χ0) is 27.4. The van der Waals surface area contributed by atoms with Crippen LogP contribution in [0, 0.1) is 33.5 Å². The molecule has 0 aromatic carbocycles. The smallest absolute Gasteiger partial charge is 0.356 e. The van der Waals surface area contributed by atoms with Gasteiger partial charge in [-0.15, -0.1) is 0 Å². The van der Waals surface area contributed by atoms with Crippen molar-refractivity contribution in [2.24, 2.45) is 22.2 Å². The first kappa shape index (κ1) is 27.2. The van der Waals surface area contributed by atoms with Crippen molar-refractivity contribution in [1.82, 2.24) is 20.9 Å². The van der Waals surface area contributed by atoms with E-state index in [2.05, 4.69) is 10.6 Å². The molecule has 2 spiro atoms. The summed E-state index contributed by atoms with van der Waals surface area (Å²) in [4.78, 5) is 52.2. The molecule has 2 saturated carbocycles. The van der Waals surface area contributed by atoms with E-state index in [4.69, 9.17) is 0 Å². The van der Waals surface area contributed by atoms with E-state index in [9.17, 15) is 37.6 Å². The predicted molar refractivity (Wildman–Crippen MR) is 124 cm³/mol. The number of rotatable bonds is 6. The predicted octanol–water partition coefficient (Wildman–Crippen LogP) is 1.78. The molecular weight excluding hydrogens is 491 g/mol. The number of halogens is 3. The maximum absolute atomic E-state index is 13.7. The lowest BCUT2D eigenvalue weighted by Crippen LogP contribution is -2.59. The fraction of sp³-hybridized carbons (Fsp3) is 0.800. The standard InChI is InChI=1S/C25H34F3N5O4/c1-22(2,3)17(32-21(37)25(26,27)28)20(36)33-13-24(12-23(24)6-4-7-23)10-16(33)19(35)31-15(11-29)9-14-5-8-30-18(14)34/h14-17H,4-10,12-13H2,1-3H3,(H,30,34)(H,31,35)(H,32,37)/t14-,15-,16-,17+,24?/m0/s1. The Hall–Kier alpha value is -2.84. The highest BCUT2D eigenvalue weighted by Crippen LogP contribution is 2.77. The second-order valence-corrected chi connectivity index (χ2v) is 12.2. The van der Waals surface area contributed by atoms with Gasteiger partial charge in [0.1, 0.15) is 18.1 Å². The van der Waals surface area contributed by atoms with E-state index in [1.54, 1.807) is 20.8 Å². The maximum atomic E-state index is 13.7. The first-order chi connectivity index (χ1) is 17.1. The Morgan fingerprint density at radius 2 is 1.86 bits per heavy atom. The molecule has 4 amide bonds. The Labute approximate surface area is 213 Å². The van der Waals surface area contributed by atoms with Gasteiger partial charge in [-0.05, 0) is 54.8 Å². The second kappa shape index (κ2) is 9.17. The number of amides is 4. The number of nitriles is 1. The molecule has 5 atom stereocenters. The monoisotopic (exact) mass is 525 g/mol. The van der Waals surface area contributed by atoms with Crippen LogP contribution in [0.3, 0.4) is 0 Å². The number of alkyl halides is 3. The summed E-state index contributed by atoms with van der Waals surface area (Å²) in [7, 11) is 0. The van der Waals surface area contributed by atoms with Gasteiger partial charge in [-0.3, -0.25) is 19.2 Å². The van der Waals surface area contributed by atoms with Crippen molar-refractivity contribution in [3.8, 4) is 6.07 Å². The van der Waals surface area contributed by atoms with Gasteiger partial charge >= 0.3 is 12.1 Å². The lowest BCUT2D eigenvalue weighted by molar-refractivity contribution is -0.176. The average molecular weight is 526 g/mol. The molecule has 4 aliphatic rings. The highest BCUT2D eigenvalue weighted by atomic mass is 19.4. The van der Waals surface area contributed by atoms with Crippen molar-refractivity contribution in [3.63, 3.8) is 0 Å². The minimum Gasteiger partial charge on any atom is -0.356 e. The van der Waals surface area contributed by atoms with Crippen LogP contribution in [0.5, 0.6) is 0 Å². The molecule has 0 radical (unpaired) electrons. The first-order valence-electron chi connectivity index (χ1n) is 12.8. The summed E-state index contributed by atoms with van der Waals surface area (Å²) in [6.07, 6.45) is -0.258. The van der Waals surface area contributed by atoms with Crippen LogP contribution in [-0.4, -0.2) is 65.9 Å². The number of hydrogen-bond donors (Lipinski definition) is 3. The third kappa shape index (κ3) is 5.01. The molecule has 204 valence electrons. The highest BCUT2D eigenvalue weighted by molar-refractivity contribution is 5.94. The van der Waals surface area contributed by atoms with E-state index in [0.717, 1.165) is 25.7 Å². The van der Waals surface area contributed by atoms with Crippen LogP contribution < -0.4 is 16.0 Å². The van der Waals surface area contributed by atoms with Crippen LogP contribution in [0.1, 0.15) is 65.7 Å². The van der Waals surface area contributed by atoms with Gasteiger partial charge in [-0.1, -0.05) is 27.2 Å². The van der Waals surface area contributed by atoms with Crippen molar-refractivity contribution in [2.75, 3.05) is 13.1 Å². The summed E-state index contributed by atoms with van der Waals surface area (Å²) in [5.41, 5.74) is -1.30. The Kier molecular flexibility index (Phi) is 6.74. The molecule has 1 unspecified atom stereocenters. The fourth-order valence-corrected chi connectivity index (χ4v) is 6.47. The average Bonchev–Trinajstić information content (AvgIpc) is 3.01. The normalized spacial score (nSPS) is 29.8. The number of nitrogens with one attached hydrogen (secondary N) is 3. The third-order valence-corrected chi connectivity index (χ3v) is 8.81. The lowest BCUT2D eigenvalue weighted by Gasteiger charge is -2.36. The topological polar surface area (TPSA) is 131 Å². The molecule has 2 heterocycles. The van der Waals surface area contributed by atoms with E-state index in [0.29, 0.717) is 19.4 Å². The van der Waals surface area contributed by atoms with Gasteiger partial charge in [0, 0.05) is 19.0 Å². The van der Waals surface area contributed by atoms with Gasteiger partial charge in [-0.25, -0.2) is 0 Å². The number of carbonyl (C=O) groups is 4. The summed E-state index contributed by atoms with van der Waals surface area (Å²) < 4.78 is 39.1. The van der Waals surface area contributed by atoms with Crippen LogP contribution in [0.2, 0.25) is 0 Å². The van der Waals surface area contributed by atoms with Crippen LogP contribution in [0.15, 0.2) is 0 Å². The SMILES string of the molecule is CC(C)(C)[C@H](NC(=O)C(F)(F)F)C(=O)N1CC2(C[C@H]1C(=O)N[C@H](C#N)C[C@@H]1CCNC1=O)CC21CCC1. The molecule has 0 aromatic rings. The zero-order valence-electron chi connectivity index (χ0n) is 21.3.